The van der Waals surface area contributed by atoms with Crippen LogP contribution in [0.5, 0.6) is 0 Å². The molecule has 1 atom stereocenters. The number of rotatable bonds is 3. The highest BCUT2D eigenvalue weighted by Gasteiger charge is 1.93. The molecule has 44 valence electrons. The van der Waals surface area contributed by atoms with Crippen LogP contribution in [0.15, 0.2) is 0 Å². The molecule has 0 radical (unpaired) electrons. The highest BCUT2D eigenvalue weighted by molar-refractivity contribution is 4.47. The molecule has 7 heavy (non-hydrogen) atoms. The van der Waals surface area contributed by atoms with Gasteiger partial charge in [-0.15, -0.1) is 0 Å². The average Bonchev–Trinajstić information content (AvgIpc) is 1.68. The van der Waals surface area contributed by atoms with Gasteiger partial charge in [0.15, 0.2) is 0 Å². The summed E-state index contributed by atoms with van der Waals surface area (Å²) in [5, 5.41) is 0. The first-order chi connectivity index (χ1) is 3.31. The summed E-state index contributed by atoms with van der Waals surface area (Å²) in [6, 6.07) is 0. The molecule has 0 aromatic carbocycles. The molecule has 0 rings (SSSR count). The van der Waals surface area contributed by atoms with Crippen LogP contribution < -0.4 is 5.73 Å². The smallest absolute Gasteiger partial charge is 0.0499 e. The molecule has 2 N–H and O–H groups in total. The Morgan fingerprint density at radius 2 is 2.29 bits per heavy atom. The van der Waals surface area contributed by atoms with E-state index in [4.69, 9.17) is 10.5 Å². The second-order valence-electron chi connectivity index (χ2n) is 1.80. The molecule has 0 spiro atoms. The lowest BCUT2D eigenvalue weighted by Crippen LogP contribution is -2.15. The van der Waals surface area contributed by atoms with Crippen LogP contribution >= 0.6 is 0 Å². The van der Waals surface area contributed by atoms with E-state index >= 15 is 0 Å². The van der Waals surface area contributed by atoms with E-state index in [1.54, 1.807) is 7.11 Å². The first kappa shape index (κ1) is 6.92. The summed E-state index contributed by atoms with van der Waals surface area (Å²) in [4.78, 5) is 0. The van der Waals surface area contributed by atoms with Crippen molar-refractivity contribution < 1.29 is 4.74 Å². The Balaban J connectivity index is 2.83. The molecule has 0 aliphatic rings. The van der Waals surface area contributed by atoms with Crippen LogP contribution in [-0.4, -0.2) is 20.3 Å². The summed E-state index contributed by atoms with van der Waals surface area (Å²) < 4.78 is 4.81. The van der Waals surface area contributed by atoms with Crippen molar-refractivity contribution in [3.05, 3.63) is 0 Å². The molecule has 0 saturated carbocycles. The minimum atomic E-state index is 0.505. The van der Waals surface area contributed by atoms with E-state index in [1.807, 2.05) is 0 Å². The van der Waals surface area contributed by atoms with Crippen molar-refractivity contribution in [2.24, 2.45) is 11.7 Å². The molecule has 2 nitrogen and oxygen atoms in total. The molecule has 0 aromatic rings. The lowest BCUT2D eigenvalue weighted by Gasteiger charge is -2.03. The van der Waals surface area contributed by atoms with Gasteiger partial charge in [0.25, 0.3) is 0 Å². The normalized spacial score (nSPS) is 14.1. The maximum atomic E-state index is 5.28. The predicted molar refractivity (Wildman–Crippen MR) is 30.1 cm³/mol. The fourth-order valence-corrected chi connectivity index (χ4v) is 0.353. The summed E-state index contributed by atoms with van der Waals surface area (Å²) in [6.45, 7) is 3.55. The Bertz CT molecular complexity index is 39.1. The van der Waals surface area contributed by atoms with Gasteiger partial charge in [-0.2, -0.15) is 0 Å². The van der Waals surface area contributed by atoms with Crippen LogP contribution in [0.3, 0.4) is 0 Å². The van der Waals surface area contributed by atoms with Crippen LogP contribution in [-0.2, 0) is 4.74 Å². The Kier molecular flexibility index (Phi) is 4.04. The maximum absolute atomic E-state index is 5.28. The second-order valence-corrected chi connectivity index (χ2v) is 1.80. The number of methoxy groups -OCH3 is 1. The van der Waals surface area contributed by atoms with Crippen LogP contribution in [0.1, 0.15) is 6.92 Å². The molecule has 0 amide bonds. The van der Waals surface area contributed by atoms with Crippen molar-refractivity contribution in [2.75, 3.05) is 20.3 Å². The van der Waals surface area contributed by atoms with Gasteiger partial charge in [-0.3, -0.25) is 0 Å². The topological polar surface area (TPSA) is 35.2 Å². The third kappa shape index (κ3) is 3.76. The number of nitrogens with two attached hydrogens (primary N) is 1. The summed E-state index contributed by atoms with van der Waals surface area (Å²) in [6.07, 6.45) is 0. The van der Waals surface area contributed by atoms with Gasteiger partial charge in [0.2, 0.25) is 0 Å². The van der Waals surface area contributed by atoms with Gasteiger partial charge in [-0.1, -0.05) is 6.92 Å². The van der Waals surface area contributed by atoms with Gasteiger partial charge in [-0.25, -0.2) is 0 Å². The zero-order valence-corrected chi connectivity index (χ0v) is 4.98. The molecule has 0 fully saturated rings. The first-order valence-corrected chi connectivity index (χ1v) is 2.50. The van der Waals surface area contributed by atoms with Gasteiger partial charge >= 0.3 is 0 Å². The van der Waals surface area contributed by atoms with Crippen LogP contribution in [0, 0.1) is 5.92 Å². The van der Waals surface area contributed by atoms with Gasteiger partial charge in [-0.05, 0) is 12.5 Å². The van der Waals surface area contributed by atoms with Gasteiger partial charge in [0.05, 0.1) is 0 Å². The lowest BCUT2D eigenvalue weighted by molar-refractivity contribution is 0.162. The van der Waals surface area contributed by atoms with Crippen LogP contribution in [0.2, 0.25) is 0 Å². The third-order valence-corrected chi connectivity index (χ3v) is 0.854. The highest BCUT2D eigenvalue weighted by atomic mass is 16.5. The molecule has 1 unspecified atom stereocenters. The van der Waals surface area contributed by atoms with E-state index in [0.717, 1.165) is 6.61 Å². The van der Waals surface area contributed by atoms with Gasteiger partial charge in [0.1, 0.15) is 0 Å². The minimum Gasteiger partial charge on any atom is -0.384 e. The zero-order chi connectivity index (χ0) is 5.70. The van der Waals surface area contributed by atoms with Crippen LogP contribution in [0.4, 0.5) is 0 Å². The second kappa shape index (κ2) is 4.09. The van der Waals surface area contributed by atoms with Crippen LogP contribution in [0.25, 0.3) is 0 Å². The fourth-order valence-electron chi connectivity index (χ4n) is 0.353. The number of ether oxygens (including phenoxy) is 1. The van der Waals surface area contributed by atoms with Crippen molar-refractivity contribution in [1.29, 1.82) is 0 Å². The highest BCUT2D eigenvalue weighted by Crippen LogP contribution is 1.88. The minimum absolute atomic E-state index is 0.505. The average molecular weight is 103 g/mol. The molecular weight excluding hydrogens is 90.1 g/mol. The standard InChI is InChI=1S/C5H13NO/c1-5(3-6)4-7-2/h5H,3-4,6H2,1-2H3. The van der Waals surface area contributed by atoms with E-state index in [0.29, 0.717) is 12.5 Å². The van der Waals surface area contributed by atoms with E-state index in [1.165, 1.54) is 0 Å². The van der Waals surface area contributed by atoms with Gasteiger partial charge < -0.3 is 10.5 Å². The molecule has 0 heterocycles. The summed E-state index contributed by atoms with van der Waals surface area (Å²) in [7, 11) is 1.69. The molecule has 0 saturated heterocycles. The first-order valence-electron chi connectivity index (χ1n) is 2.50. The van der Waals surface area contributed by atoms with Crippen molar-refractivity contribution in [3.63, 3.8) is 0 Å². The quantitative estimate of drug-likeness (QED) is 0.555. The summed E-state index contributed by atoms with van der Waals surface area (Å²) >= 11 is 0. The molecule has 2 heteroatoms. The zero-order valence-electron chi connectivity index (χ0n) is 4.98. The number of hydrogen-bond donors (Lipinski definition) is 1. The SMILES string of the molecule is COCC(C)CN. The largest absolute Gasteiger partial charge is 0.384 e. The molecule has 0 aromatic heterocycles. The predicted octanol–water partition coefficient (Wildman–Crippen LogP) is 0.228. The van der Waals surface area contributed by atoms with Crippen molar-refractivity contribution in [3.8, 4) is 0 Å². The van der Waals surface area contributed by atoms with E-state index in [2.05, 4.69) is 6.92 Å². The number of hydrogen-bond acceptors (Lipinski definition) is 2. The molecular formula is C5H13NO. The Morgan fingerprint density at radius 3 is 2.43 bits per heavy atom. The monoisotopic (exact) mass is 103 g/mol. The maximum Gasteiger partial charge on any atom is 0.0499 e. The van der Waals surface area contributed by atoms with Crippen molar-refractivity contribution >= 4 is 0 Å². The summed E-state index contributed by atoms with van der Waals surface area (Å²) in [5.74, 6) is 0.505. The molecule has 0 aliphatic carbocycles. The Labute approximate surface area is 44.7 Å². The lowest BCUT2D eigenvalue weighted by atomic mass is 10.2. The van der Waals surface area contributed by atoms with Gasteiger partial charge in [0, 0.05) is 13.7 Å². The van der Waals surface area contributed by atoms with Crippen molar-refractivity contribution in [1.82, 2.24) is 0 Å². The molecule has 0 bridgehead atoms. The fraction of sp³-hybridized carbons (Fsp3) is 1.00. The molecule has 0 aliphatic heterocycles. The van der Waals surface area contributed by atoms with E-state index in [9.17, 15) is 0 Å². The Morgan fingerprint density at radius 1 is 1.71 bits per heavy atom. The van der Waals surface area contributed by atoms with E-state index < -0.39 is 0 Å². The Hall–Kier alpha value is -0.0800. The van der Waals surface area contributed by atoms with E-state index in [-0.39, 0.29) is 0 Å². The van der Waals surface area contributed by atoms with Crippen molar-refractivity contribution in [2.45, 2.75) is 6.92 Å². The third-order valence-electron chi connectivity index (χ3n) is 0.854. The summed E-state index contributed by atoms with van der Waals surface area (Å²) in [5.41, 5.74) is 5.28.